The summed E-state index contributed by atoms with van der Waals surface area (Å²) in [4.78, 5) is 10.8. The van der Waals surface area contributed by atoms with Crippen LogP contribution >= 0.6 is 15.9 Å². The van der Waals surface area contributed by atoms with Gasteiger partial charge in [-0.25, -0.2) is 10.2 Å². The van der Waals surface area contributed by atoms with Gasteiger partial charge in [0.1, 0.15) is 11.6 Å². The van der Waals surface area contributed by atoms with Gasteiger partial charge in [-0.3, -0.25) is 10.2 Å². The molecular weight excluding hydrogens is 291 g/mol. The number of carbonyl (C=O) groups is 1. The first-order valence-electron chi connectivity index (χ1n) is 5.21. The second-order valence-corrected chi connectivity index (χ2v) is 4.30. The van der Waals surface area contributed by atoms with Crippen molar-refractivity contribution in [3.8, 4) is 5.75 Å². The monoisotopic (exact) mass is 304 g/mol. The molecule has 94 valence electrons. The molecule has 3 N–H and O–H groups in total. The highest BCUT2D eigenvalue weighted by molar-refractivity contribution is 9.10. The van der Waals surface area contributed by atoms with Crippen LogP contribution in [0, 0.1) is 5.82 Å². The molecule has 1 amide bonds. The topological polar surface area (TPSA) is 64.3 Å². The van der Waals surface area contributed by atoms with Gasteiger partial charge < -0.3 is 4.74 Å². The molecule has 1 aromatic rings. The van der Waals surface area contributed by atoms with Crippen LogP contribution < -0.4 is 16.0 Å². The van der Waals surface area contributed by atoms with Crippen molar-refractivity contribution >= 4 is 21.8 Å². The van der Waals surface area contributed by atoms with E-state index in [2.05, 4.69) is 21.4 Å². The Morgan fingerprint density at radius 1 is 1.47 bits per heavy atom. The number of hydrogen-bond acceptors (Lipinski definition) is 3. The molecule has 0 heterocycles. The van der Waals surface area contributed by atoms with Crippen LogP contribution in [-0.2, 0) is 4.79 Å². The number of hydrazine groups is 1. The SMILES string of the molecule is NNC(=O)CCCCOc1ccc(Br)c(F)c1. The van der Waals surface area contributed by atoms with E-state index < -0.39 is 0 Å². The van der Waals surface area contributed by atoms with Crippen LogP contribution in [0.2, 0.25) is 0 Å². The van der Waals surface area contributed by atoms with Crippen molar-refractivity contribution < 1.29 is 13.9 Å². The second-order valence-electron chi connectivity index (χ2n) is 3.45. The highest BCUT2D eigenvalue weighted by Crippen LogP contribution is 2.21. The first-order chi connectivity index (χ1) is 8.13. The van der Waals surface area contributed by atoms with Crippen LogP contribution in [0.3, 0.4) is 0 Å². The zero-order valence-corrected chi connectivity index (χ0v) is 10.8. The first kappa shape index (κ1) is 13.9. The Hall–Kier alpha value is -1.14. The fourth-order valence-electron chi connectivity index (χ4n) is 1.22. The third-order valence-corrected chi connectivity index (χ3v) is 2.76. The molecule has 0 bridgehead atoms. The van der Waals surface area contributed by atoms with Crippen molar-refractivity contribution in [1.29, 1.82) is 0 Å². The molecule has 0 atom stereocenters. The summed E-state index contributed by atoms with van der Waals surface area (Å²) in [5.74, 6) is 4.86. The molecule has 1 aromatic carbocycles. The van der Waals surface area contributed by atoms with Gasteiger partial charge >= 0.3 is 0 Å². The van der Waals surface area contributed by atoms with E-state index in [0.29, 0.717) is 36.1 Å². The molecule has 0 aliphatic heterocycles. The number of rotatable bonds is 6. The van der Waals surface area contributed by atoms with E-state index in [1.165, 1.54) is 6.07 Å². The molecule has 4 nitrogen and oxygen atoms in total. The molecule has 0 radical (unpaired) electrons. The summed E-state index contributed by atoms with van der Waals surface area (Å²) in [5, 5.41) is 0. The molecule has 0 fully saturated rings. The largest absolute Gasteiger partial charge is 0.493 e. The summed E-state index contributed by atoms with van der Waals surface area (Å²) in [7, 11) is 0. The summed E-state index contributed by atoms with van der Waals surface area (Å²) >= 11 is 3.06. The molecule has 17 heavy (non-hydrogen) atoms. The Balaban J connectivity index is 2.22. The lowest BCUT2D eigenvalue weighted by Crippen LogP contribution is -2.29. The Morgan fingerprint density at radius 2 is 2.24 bits per heavy atom. The Kier molecular flexibility index (Phi) is 5.93. The maximum absolute atomic E-state index is 13.1. The maximum atomic E-state index is 13.1. The molecule has 6 heteroatoms. The highest BCUT2D eigenvalue weighted by atomic mass is 79.9. The van der Waals surface area contributed by atoms with Crippen molar-refractivity contribution in [3.05, 3.63) is 28.5 Å². The molecule has 0 saturated carbocycles. The summed E-state index contributed by atoms with van der Waals surface area (Å²) in [6.45, 7) is 0.443. The van der Waals surface area contributed by atoms with E-state index in [1.54, 1.807) is 12.1 Å². The predicted molar refractivity (Wildman–Crippen MR) is 65.8 cm³/mol. The van der Waals surface area contributed by atoms with E-state index >= 15 is 0 Å². The number of unbranched alkanes of at least 4 members (excludes halogenated alkanes) is 1. The average Bonchev–Trinajstić information content (AvgIpc) is 2.33. The Bertz CT molecular complexity index is 388. The smallest absolute Gasteiger partial charge is 0.233 e. The van der Waals surface area contributed by atoms with E-state index in [1.807, 2.05) is 0 Å². The van der Waals surface area contributed by atoms with Crippen LogP contribution in [0.1, 0.15) is 19.3 Å². The number of amides is 1. The molecule has 0 unspecified atom stereocenters. The van der Waals surface area contributed by atoms with Crippen LogP contribution in [0.4, 0.5) is 4.39 Å². The second kappa shape index (κ2) is 7.24. The van der Waals surface area contributed by atoms with Crippen molar-refractivity contribution in [2.45, 2.75) is 19.3 Å². The van der Waals surface area contributed by atoms with Crippen LogP contribution in [0.5, 0.6) is 5.75 Å². The van der Waals surface area contributed by atoms with Gasteiger partial charge in [-0.05, 0) is 40.9 Å². The zero-order chi connectivity index (χ0) is 12.7. The number of nitrogens with two attached hydrogens (primary N) is 1. The number of nitrogens with one attached hydrogen (secondary N) is 1. The summed E-state index contributed by atoms with van der Waals surface area (Å²) < 4.78 is 18.9. The zero-order valence-electron chi connectivity index (χ0n) is 9.21. The number of halogens is 2. The van der Waals surface area contributed by atoms with E-state index in [4.69, 9.17) is 10.6 Å². The molecule has 0 saturated heterocycles. The third kappa shape index (κ3) is 5.14. The third-order valence-electron chi connectivity index (χ3n) is 2.12. The number of hydrogen-bond donors (Lipinski definition) is 2. The van der Waals surface area contributed by atoms with Gasteiger partial charge in [-0.1, -0.05) is 0 Å². The van der Waals surface area contributed by atoms with Gasteiger partial charge in [0.25, 0.3) is 0 Å². The fraction of sp³-hybridized carbons (Fsp3) is 0.364. The first-order valence-corrected chi connectivity index (χ1v) is 6.00. The van der Waals surface area contributed by atoms with Crippen LogP contribution in [0.25, 0.3) is 0 Å². The van der Waals surface area contributed by atoms with Gasteiger partial charge in [-0.2, -0.15) is 0 Å². The summed E-state index contributed by atoms with van der Waals surface area (Å²) in [6, 6.07) is 4.59. The number of carbonyl (C=O) groups excluding carboxylic acids is 1. The van der Waals surface area contributed by atoms with E-state index in [0.717, 1.165) is 0 Å². The van der Waals surface area contributed by atoms with Gasteiger partial charge in [0, 0.05) is 12.5 Å². The average molecular weight is 305 g/mol. The minimum Gasteiger partial charge on any atom is -0.493 e. The van der Waals surface area contributed by atoms with Crippen molar-refractivity contribution in [1.82, 2.24) is 5.43 Å². The van der Waals surface area contributed by atoms with Gasteiger partial charge in [0.15, 0.2) is 0 Å². The molecule has 0 aliphatic carbocycles. The highest BCUT2D eigenvalue weighted by Gasteiger charge is 2.02. The fourth-order valence-corrected chi connectivity index (χ4v) is 1.46. The van der Waals surface area contributed by atoms with Crippen molar-refractivity contribution in [3.63, 3.8) is 0 Å². The predicted octanol–water partition coefficient (Wildman–Crippen LogP) is 2.13. The quantitative estimate of drug-likeness (QED) is 0.366. The van der Waals surface area contributed by atoms with Gasteiger partial charge in [-0.15, -0.1) is 0 Å². The number of benzene rings is 1. The van der Waals surface area contributed by atoms with E-state index in [9.17, 15) is 9.18 Å². The van der Waals surface area contributed by atoms with Crippen molar-refractivity contribution in [2.75, 3.05) is 6.61 Å². The Labute approximate surface area is 107 Å². The standard InChI is InChI=1S/C11H14BrFN2O2/c12-9-5-4-8(7-10(9)13)17-6-2-1-3-11(16)15-14/h4-5,7H,1-3,6,14H2,(H,15,16). The van der Waals surface area contributed by atoms with Crippen molar-refractivity contribution in [2.24, 2.45) is 5.84 Å². The van der Waals surface area contributed by atoms with Gasteiger partial charge in [0.2, 0.25) is 5.91 Å². The molecule has 0 spiro atoms. The normalized spacial score (nSPS) is 10.1. The minimum absolute atomic E-state index is 0.195. The van der Waals surface area contributed by atoms with Crippen LogP contribution in [0.15, 0.2) is 22.7 Å². The molecule has 1 rings (SSSR count). The Morgan fingerprint density at radius 3 is 2.88 bits per heavy atom. The lowest BCUT2D eigenvalue weighted by molar-refractivity contribution is -0.121. The maximum Gasteiger partial charge on any atom is 0.233 e. The van der Waals surface area contributed by atoms with Gasteiger partial charge in [0.05, 0.1) is 11.1 Å². The summed E-state index contributed by atoms with van der Waals surface area (Å²) in [5.41, 5.74) is 2.05. The summed E-state index contributed by atoms with van der Waals surface area (Å²) in [6.07, 6.45) is 1.77. The lowest BCUT2D eigenvalue weighted by Gasteiger charge is -2.06. The number of ether oxygens (including phenoxy) is 1. The lowest BCUT2D eigenvalue weighted by atomic mass is 10.2. The molecular formula is C11H14BrFN2O2. The molecule has 0 aliphatic rings. The van der Waals surface area contributed by atoms with Crippen LogP contribution in [-0.4, -0.2) is 12.5 Å². The molecule has 0 aromatic heterocycles. The minimum atomic E-state index is -0.356. The van der Waals surface area contributed by atoms with E-state index in [-0.39, 0.29) is 11.7 Å².